The number of hydrogen-bond acceptors (Lipinski definition) is 4. The number of carbonyl (C=O) groups is 1. The molecule has 0 bridgehead atoms. The standard InChI is InChI=1S/C19H23N3O2/c1-21-17(9-10-20-21)18(23)7-5-15-6-8-19(24-2)16(13-15)14-22-11-3-4-12-22/h5-10,13H,3-4,11-12,14H2,1-2H3/b7-5+. The summed E-state index contributed by atoms with van der Waals surface area (Å²) in [5, 5.41) is 4.03. The van der Waals surface area contributed by atoms with Crippen molar-refractivity contribution < 1.29 is 9.53 Å². The van der Waals surface area contributed by atoms with Crippen LogP contribution in [0.5, 0.6) is 5.75 Å². The van der Waals surface area contributed by atoms with Crippen LogP contribution in [0.1, 0.15) is 34.5 Å². The predicted molar refractivity (Wildman–Crippen MR) is 94.1 cm³/mol. The fourth-order valence-electron chi connectivity index (χ4n) is 3.08. The van der Waals surface area contributed by atoms with E-state index in [1.165, 1.54) is 12.8 Å². The molecule has 5 nitrogen and oxygen atoms in total. The van der Waals surface area contributed by atoms with E-state index in [9.17, 15) is 4.79 Å². The molecule has 0 aliphatic carbocycles. The summed E-state index contributed by atoms with van der Waals surface area (Å²) in [6.45, 7) is 3.17. The molecule has 2 heterocycles. The molecule has 3 rings (SSSR count). The summed E-state index contributed by atoms with van der Waals surface area (Å²) < 4.78 is 7.06. The van der Waals surface area contributed by atoms with Gasteiger partial charge in [-0.05, 0) is 55.8 Å². The van der Waals surface area contributed by atoms with Crippen LogP contribution in [0.3, 0.4) is 0 Å². The maximum atomic E-state index is 12.2. The van der Waals surface area contributed by atoms with Crippen molar-refractivity contribution in [2.75, 3.05) is 20.2 Å². The molecule has 1 aliphatic heterocycles. The van der Waals surface area contributed by atoms with Gasteiger partial charge in [-0.2, -0.15) is 5.10 Å². The first-order chi connectivity index (χ1) is 11.7. The first kappa shape index (κ1) is 16.5. The van der Waals surface area contributed by atoms with Crippen LogP contribution in [0.2, 0.25) is 0 Å². The molecule has 0 saturated carbocycles. The summed E-state index contributed by atoms with van der Waals surface area (Å²) >= 11 is 0. The number of ketones is 1. The second kappa shape index (κ2) is 7.45. The Kier molecular flexibility index (Phi) is 5.11. The molecule has 2 aromatic rings. The highest BCUT2D eigenvalue weighted by Crippen LogP contribution is 2.24. The lowest BCUT2D eigenvalue weighted by molar-refractivity contribution is 0.103. The van der Waals surface area contributed by atoms with Gasteiger partial charge in [-0.1, -0.05) is 12.1 Å². The zero-order valence-corrected chi connectivity index (χ0v) is 14.2. The molecule has 1 aromatic carbocycles. The summed E-state index contributed by atoms with van der Waals surface area (Å²) in [5.74, 6) is 0.851. The number of nitrogens with zero attached hydrogens (tertiary/aromatic N) is 3. The third-order valence-electron chi connectivity index (χ3n) is 4.40. The molecule has 0 amide bonds. The zero-order chi connectivity index (χ0) is 16.9. The van der Waals surface area contributed by atoms with Crippen molar-refractivity contribution in [3.05, 3.63) is 53.4 Å². The molecule has 0 N–H and O–H groups in total. The molecule has 0 unspecified atom stereocenters. The molecule has 1 saturated heterocycles. The SMILES string of the molecule is COc1ccc(/C=C/C(=O)c2ccnn2C)cc1CN1CCCC1. The number of allylic oxidation sites excluding steroid dienone is 1. The molecule has 126 valence electrons. The number of aryl methyl sites for hydroxylation is 1. The van der Waals surface area contributed by atoms with E-state index in [2.05, 4.69) is 16.1 Å². The van der Waals surface area contributed by atoms with Crippen molar-refractivity contribution in [1.29, 1.82) is 0 Å². The van der Waals surface area contributed by atoms with Gasteiger partial charge in [0.2, 0.25) is 5.78 Å². The Hall–Kier alpha value is -2.40. The van der Waals surface area contributed by atoms with E-state index in [0.29, 0.717) is 5.69 Å². The lowest BCUT2D eigenvalue weighted by Gasteiger charge is -2.17. The van der Waals surface area contributed by atoms with Gasteiger partial charge in [-0.3, -0.25) is 14.4 Å². The molecule has 1 aliphatic rings. The van der Waals surface area contributed by atoms with Gasteiger partial charge < -0.3 is 4.74 Å². The van der Waals surface area contributed by atoms with Crippen molar-refractivity contribution in [2.24, 2.45) is 7.05 Å². The van der Waals surface area contributed by atoms with Gasteiger partial charge in [0, 0.05) is 25.4 Å². The molecular formula is C19H23N3O2. The van der Waals surface area contributed by atoms with Crippen LogP contribution >= 0.6 is 0 Å². The Labute approximate surface area is 142 Å². The van der Waals surface area contributed by atoms with Gasteiger partial charge in [-0.25, -0.2) is 0 Å². The lowest BCUT2D eigenvalue weighted by atomic mass is 10.1. The number of hydrogen-bond donors (Lipinski definition) is 0. The first-order valence-electron chi connectivity index (χ1n) is 8.27. The van der Waals surface area contributed by atoms with Gasteiger partial charge in [0.25, 0.3) is 0 Å². The van der Waals surface area contributed by atoms with Crippen molar-refractivity contribution >= 4 is 11.9 Å². The smallest absolute Gasteiger partial charge is 0.203 e. The first-order valence-corrected chi connectivity index (χ1v) is 8.27. The third-order valence-corrected chi connectivity index (χ3v) is 4.40. The third kappa shape index (κ3) is 3.74. The number of methoxy groups -OCH3 is 1. The Morgan fingerprint density at radius 2 is 2.08 bits per heavy atom. The summed E-state index contributed by atoms with van der Waals surface area (Å²) in [4.78, 5) is 14.6. The Bertz CT molecular complexity index is 743. The molecule has 24 heavy (non-hydrogen) atoms. The quantitative estimate of drug-likeness (QED) is 0.605. The average Bonchev–Trinajstić information content (AvgIpc) is 3.24. The minimum Gasteiger partial charge on any atom is -0.496 e. The van der Waals surface area contributed by atoms with Gasteiger partial charge in [0.1, 0.15) is 11.4 Å². The predicted octanol–water partition coefficient (Wildman–Crippen LogP) is 2.92. The molecule has 1 fully saturated rings. The number of benzene rings is 1. The van der Waals surface area contributed by atoms with E-state index in [1.807, 2.05) is 18.2 Å². The number of rotatable bonds is 6. The lowest BCUT2D eigenvalue weighted by Crippen LogP contribution is -2.18. The van der Waals surface area contributed by atoms with Crippen molar-refractivity contribution in [3.8, 4) is 5.75 Å². The van der Waals surface area contributed by atoms with E-state index >= 15 is 0 Å². The van der Waals surface area contributed by atoms with Crippen molar-refractivity contribution in [1.82, 2.24) is 14.7 Å². The van der Waals surface area contributed by atoms with E-state index in [-0.39, 0.29) is 5.78 Å². The highest BCUT2D eigenvalue weighted by Gasteiger charge is 2.14. The minimum absolute atomic E-state index is 0.0492. The fourth-order valence-corrected chi connectivity index (χ4v) is 3.08. The van der Waals surface area contributed by atoms with Crippen LogP contribution in [0, 0.1) is 0 Å². The monoisotopic (exact) mass is 325 g/mol. The number of ether oxygens (including phenoxy) is 1. The van der Waals surface area contributed by atoms with E-state index in [1.54, 1.807) is 37.2 Å². The zero-order valence-electron chi connectivity index (χ0n) is 14.2. The Balaban J connectivity index is 1.76. The summed E-state index contributed by atoms with van der Waals surface area (Å²) in [6, 6.07) is 7.77. The fraction of sp³-hybridized carbons (Fsp3) is 0.368. The summed E-state index contributed by atoms with van der Waals surface area (Å²) in [6.07, 6.45) is 7.60. The summed E-state index contributed by atoms with van der Waals surface area (Å²) in [7, 11) is 3.47. The maximum absolute atomic E-state index is 12.2. The number of likely N-dealkylation sites (tertiary alicyclic amines) is 1. The molecule has 1 aromatic heterocycles. The minimum atomic E-state index is -0.0492. The van der Waals surface area contributed by atoms with Gasteiger partial charge in [-0.15, -0.1) is 0 Å². The second-order valence-corrected chi connectivity index (χ2v) is 6.09. The van der Waals surface area contributed by atoms with Crippen molar-refractivity contribution in [2.45, 2.75) is 19.4 Å². The van der Waals surface area contributed by atoms with Crippen LogP contribution < -0.4 is 4.74 Å². The number of carbonyl (C=O) groups excluding carboxylic acids is 1. The Morgan fingerprint density at radius 1 is 1.29 bits per heavy atom. The average molecular weight is 325 g/mol. The number of aromatic nitrogens is 2. The van der Waals surface area contributed by atoms with Crippen LogP contribution in [-0.4, -0.2) is 40.7 Å². The van der Waals surface area contributed by atoms with E-state index in [0.717, 1.165) is 36.5 Å². The summed E-state index contributed by atoms with van der Waals surface area (Å²) in [5.41, 5.74) is 2.74. The highest BCUT2D eigenvalue weighted by molar-refractivity contribution is 6.05. The van der Waals surface area contributed by atoms with Crippen LogP contribution in [0.4, 0.5) is 0 Å². The molecule has 0 radical (unpaired) electrons. The van der Waals surface area contributed by atoms with E-state index < -0.39 is 0 Å². The maximum Gasteiger partial charge on any atom is 0.203 e. The van der Waals surface area contributed by atoms with Gasteiger partial charge >= 0.3 is 0 Å². The van der Waals surface area contributed by atoms with E-state index in [4.69, 9.17) is 4.74 Å². The van der Waals surface area contributed by atoms with Gasteiger partial charge in [0.15, 0.2) is 0 Å². The second-order valence-electron chi connectivity index (χ2n) is 6.09. The molecule has 0 spiro atoms. The highest BCUT2D eigenvalue weighted by atomic mass is 16.5. The molecule has 5 heteroatoms. The van der Waals surface area contributed by atoms with Crippen LogP contribution in [0.15, 0.2) is 36.5 Å². The van der Waals surface area contributed by atoms with Crippen molar-refractivity contribution in [3.63, 3.8) is 0 Å². The normalized spacial score (nSPS) is 15.2. The largest absolute Gasteiger partial charge is 0.496 e. The van der Waals surface area contributed by atoms with Gasteiger partial charge in [0.05, 0.1) is 7.11 Å². The Morgan fingerprint density at radius 3 is 2.75 bits per heavy atom. The van der Waals surface area contributed by atoms with Crippen LogP contribution in [-0.2, 0) is 13.6 Å². The molecular weight excluding hydrogens is 302 g/mol. The topological polar surface area (TPSA) is 47.4 Å². The molecule has 0 atom stereocenters. The van der Waals surface area contributed by atoms with Crippen LogP contribution in [0.25, 0.3) is 6.08 Å².